The largest absolute Gasteiger partial charge is 0.385 e. The number of benzene rings is 2. The average Bonchev–Trinajstić information content (AvgIpc) is 3.61. The van der Waals surface area contributed by atoms with Crippen LogP contribution in [0.5, 0.6) is 0 Å². The maximum Gasteiger partial charge on any atom is 0.251 e. The summed E-state index contributed by atoms with van der Waals surface area (Å²) in [5, 5.41) is 3.27. The van der Waals surface area contributed by atoms with Gasteiger partial charge in [0.05, 0.1) is 5.41 Å². The first-order valence-corrected chi connectivity index (χ1v) is 10.8. The van der Waals surface area contributed by atoms with Crippen LogP contribution in [0.3, 0.4) is 0 Å². The lowest BCUT2D eigenvalue weighted by Crippen LogP contribution is -2.57. The molecule has 1 saturated carbocycles. The molecule has 0 aromatic heterocycles. The van der Waals surface area contributed by atoms with E-state index in [1.807, 2.05) is 53.4 Å². The van der Waals surface area contributed by atoms with E-state index in [-0.39, 0.29) is 22.8 Å². The minimum atomic E-state index is -0.344. The molecule has 30 heavy (non-hydrogen) atoms. The molecule has 2 aliphatic rings. The number of carbonyl (C=O) groups is 2. The number of hydrogen-bond acceptors (Lipinski definition) is 3. The van der Waals surface area contributed by atoms with Gasteiger partial charge in [-0.15, -0.1) is 0 Å². The molecule has 2 fully saturated rings. The van der Waals surface area contributed by atoms with Gasteiger partial charge in [0.1, 0.15) is 0 Å². The minimum absolute atomic E-state index is 0.0607. The Labute approximate surface area is 178 Å². The Kier molecular flexibility index (Phi) is 5.91. The number of hydrogen-bond donors (Lipinski definition) is 1. The van der Waals surface area contributed by atoms with Crippen molar-refractivity contribution in [3.05, 3.63) is 71.8 Å². The summed E-state index contributed by atoms with van der Waals surface area (Å²) in [5.74, 6) is 0.179. The zero-order valence-electron chi connectivity index (χ0n) is 17.6. The number of nitrogens with zero attached hydrogens (tertiary/aromatic N) is 1. The highest BCUT2D eigenvalue weighted by Crippen LogP contribution is 2.50. The van der Waals surface area contributed by atoms with Gasteiger partial charge in [0.25, 0.3) is 5.91 Å². The molecule has 1 heterocycles. The average molecular weight is 407 g/mol. The Morgan fingerprint density at radius 2 is 1.53 bits per heavy atom. The van der Waals surface area contributed by atoms with Gasteiger partial charge in [-0.25, -0.2) is 0 Å². The van der Waals surface area contributed by atoms with Crippen LogP contribution in [0.2, 0.25) is 0 Å². The summed E-state index contributed by atoms with van der Waals surface area (Å²) in [6.45, 7) is 1.90. The second kappa shape index (κ2) is 8.60. The van der Waals surface area contributed by atoms with Crippen molar-refractivity contribution in [3.63, 3.8) is 0 Å². The summed E-state index contributed by atoms with van der Waals surface area (Å²) in [5.41, 5.74) is 1.11. The van der Waals surface area contributed by atoms with Crippen LogP contribution >= 0.6 is 0 Å². The maximum atomic E-state index is 13.4. The van der Waals surface area contributed by atoms with Crippen molar-refractivity contribution in [1.29, 1.82) is 0 Å². The molecule has 5 nitrogen and oxygen atoms in total. The van der Waals surface area contributed by atoms with Crippen LogP contribution in [-0.4, -0.2) is 49.1 Å². The van der Waals surface area contributed by atoms with E-state index in [1.54, 1.807) is 7.11 Å². The van der Waals surface area contributed by atoms with Crippen LogP contribution in [0.4, 0.5) is 0 Å². The Bertz CT molecular complexity index is 870. The SMILES string of the molecule is COCCC1(NC(=O)c2ccccc2)CCN(C(=O)C2(c3ccccc3)CC2)CC1. The molecule has 1 aliphatic carbocycles. The fourth-order valence-electron chi connectivity index (χ4n) is 4.59. The van der Waals surface area contributed by atoms with Crippen molar-refractivity contribution < 1.29 is 14.3 Å². The first-order valence-electron chi connectivity index (χ1n) is 10.8. The quantitative estimate of drug-likeness (QED) is 0.765. The van der Waals surface area contributed by atoms with Crippen molar-refractivity contribution >= 4 is 11.8 Å². The number of piperidine rings is 1. The van der Waals surface area contributed by atoms with Gasteiger partial charge in [0, 0.05) is 37.9 Å². The molecule has 2 aromatic carbocycles. The van der Waals surface area contributed by atoms with Gasteiger partial charge < -0.3 is 15.0 Å². The van der Waals surface area contributed by atoms with Crippen LogP contribution in [-0.2, 0) is 14.9 Å². The lowest BCUT2D eigenvalue weighted by Gasteiger charge is -2.43. The van der Waals surface area contributed by atoms with E-state index < -0.39 is 0 Å². The maximum absolute atomic E-state index is 13.4. The molecular formula is C25H30N2O3. The highest BCUT2D eigenvalue weighted by atomic mass is 16.5. The number of nitrogens with one attached hydrogen (secondary N) is 1. The summed E-state index contributed by atoms with van der Waals surface area (Å²) in [6, 6.07) is 19.4. The highest BCUT2D eigenvalue weighted by molar-refractivity contribution is 5.95. The van der Waals surface area contributed by atoms with E-state index in [2.05, 4.69) is 17.4 Å². The summed E-state index contributed by atoms with van der Waals surface area (Å²) >= 11 is 0. The van der Waals surface area contributed by atoms with Crippen LogP contribution in [0.1, 0.15) is 48.0 Å². The first-order chi connectivity index (χ1) is 14.6. The smallest absolute Gasteiger partial charge is 0.251 e. The van der Waals surface area contributed by atoms with Crippen molar-refractivity contribution in [2.75, 3.05) is 26.8 Å². The van der Waals surface area contributed by atoms with Gasteiger partial charge in [-0.05, 0) is 49.8 Å². The zero-order chi connectivity index (χ0) is 21.0. The molecule has 0 unspecified atom stereocenters. The normalized spacial score (nSPS) is 19.2. The number of ether oxygens (including phenoxy) is 1. The van der Waals surface area contributed by atoms with Crippen molar-refractivity contribution in [1.82, 2.24) is 10.2 Å². The molecule has 2 amide bonds. The lowest BCUT2D eigenvalue weighted by atomic mass is 9.83. The van der Waals surface area contributed by atoms with Crippen molar-refractivity contribution in [3.8, 4) is 0 Å². The summed E-state index contributed by atoms with van der Waals surface area (Å²) in [4.78, 5) is 28.2. The third-order valence-electron chi connectivity index (χ3n) is 6.69. The third kappa shape index (κ3) is 4.12. The molecule has 158 valence electrons. The summed E-state index contributed by atoms with van der Waals surface area (Å²) < 4.78 is 5.32. The fourth-order valence-corrected chi connectivity index (χ4v) is 4.59. The van der Waals surface area contributed by atoms with Gasteiger partial charge in [-0.1, -0.05) is 48.5 Å². The van der Waals surface area contributed by atoms with E-state index >= 15 is 0 Å². The summed E-state index contributed by atoms with van der Waals surface area (Å²) in [6.07, 6.45) is 4.07. The molecule has 0 atom stereocenters. The Morgan fingerprint density at radius 1 is 0.933 bits per heavy atom. The number of methoxy groups -OCH3 is 1. The Hall–Kier alpha value is -2.66. The predicted octanol–water partition coefficient (Wildman–Crippen LogP) is 3.55. The van der Waals surface area contributed by atoms with Crippen molar-refractivity contribution in [2.45, 2.75) is 43.1 Å². The van der Waals surface area contributed by atoms with E-state index in [4.69, 9.17) is 4.74 Å². The molecule has 4 rings (SSSR count). The molecule has 1 N–H and O–H groups in total. The van der Waals surface area contributed by atoms with Gasteiger partial charge in [-0.2, -0.15) is 0 Å². The molecule has 0 bridgehead atoms. The topological polar surface area (TPSA) is 58.6 Å². The number of carbonyl (C=O) groups excluding carboxylic acids is 2. The molecule has 1 aliphatic heterocycles. The molecule has 2 aromatic rings. The second-order valence-corrected chi connectivity index (χ2v) is 8.58. The predicted molar refractivity (Wildman–Crippen MR) is 116 cm³/mol. The third-order valence-corrected chi connectivity index (χ3v) is 6.69. The van der Waals surface area contributed by atoms with Crippen LogP contribution in [0, 0.1) is 0 Å². The number of amides is 2. The summed E-state index contributed by atoms with van der Waals surface area (Å²) in [7, 11) is 1.68. The molecule has 5 heteroatoms. The first kappa shape index (κ1) is 20.6. The molecule has 0 spiro atoms. The minimum Gasteiger partial charge on any atom is -0.385 e. The number of rotatable bonds is 7. The van der Waals surface area contributed by atoms with Crippen molar-refractivity contribution in [2.24, 2.45) is 0 Å². The standard InChI is InChI=1S/C25H30N2O3/c1-30-19-16-24(26-22(28)20-8-4-2-5-9-20)14-17-27(18-15-24)23(29)25(12-13-25)21-10-6-3-7-11-21/h2-11H,12-19H2,1H3,(H,26,28). The Morgan fingerprint density at radius 3 is 2.10 bits per heavy atom. The van der Waals surface area contributed by atoms with Crippen LogP contribution < -0.4 is 5.32 Å². The van der Waals surface area contributed by atoms with Crippen LogP contribution in [0.15, 0.2) is 60.7 Å². The van der Waals surface area contributed by atoms with E-state index in [0.29, 0.717) is 25.3 Å². The van der Waals surface area contributed by atoms with E-state index in [0.717, 1.165) is 37.7 Å². The fraction of sp³-hybridized carbons (Fsp3) is 0.440. The number of likely N-dealkylation sites (tertiary alicyclic amines) is 1. The van der Waals surface area contributed by atoms with Gasteiger partial charge in [-0.3, -0.25) is 9.59 Å². The van der Waals surface area contributed by atoms with Gasteiger partial charge in [0.2, 0.25) is 5.91 Å². The van der Waals surface area contributed by atoms with E-state index in [1.165, 1.54) is 0 Å². The lowest BCUT2D eigenvalue weighted by molar-refractivity contribution is -0.135. The molecule has 0 radical (unpaired) electrons. The zero-order valence-corrected chi connectivity index (χ0v) is 17.6. The Balaban J connectivity index is 1.44. The second-order valence-electron chi connectivity index (χ2n) is 8.58. The van der Waals surface area contributed by atoms with Crippen LogP contribution in [0.25, 0.3) is 0 Å². The molecular weight excluding hydrogens is 376 g/mol. The van der Waals surface area contributed by atoms with Gasteiger partial charge >= 0.3 is 0 Å². The molecule has 1 saturated heterocycles. The highest BCUT2D eigenvalue weighted by Gasteiger charge is 2.53. The van der Waals surface area contributed by atoms with E-state index in [9.17, 15) is 9.59 Å². The van der Waals surface area contributed by atoms with Gasteiger partial charge in [0.15, 0.2) is 0 Å². The monoisotopic (exact) mass is 406 g/mol.